The molecule has 0 aromatic rings. The fourth-order valence-electron chi connectivity index (χ4n) is 0. The van der Waals surface area contributed by atoms with E-state index in [9.17, 15) is 0 Å². The lowest BCUT2D eigenvalue weighted by molar-refractivity contribution is 2.31. The van der Waals surface area contributed by atoms with E-state index in [-0.39, 0.29) is 0 Å². The van der Waals surface area contributed by atoms with Crippen molar-refractivity contribution in [3.8, 4) is 0 Å². The summed E-state index contributed by atoms with van der Waals surface area (Å²) in [7, 11) is 3.39. The van der Waals surface area contributed by atoms with Crippen LogP contribution in [0.5, 0.6) is 0 Å². The summed E-state index contributed by atoms with van der Waals surface area (Å²) in [5.74, 6) is 1.13. The van der Waals surface area contributed by atoms with E-state index in [1.165, 1.54) is 0 Å². The van der Waals surface area contributed by atoms with Crippen molar-refractivity contribution in [3.05, 3.63) is 0 Å². The Balaban J connectivity index is 1.97. The van der Waals surface area contributed by atoms with E-state index in [0.717, 1.165) is 13.7 Å². The molecule has 26 valence electrons. The highest BCUT2D eigenvalue weighted by atomic mass is 32.7. The monoisotopic (exact) mass is 112 g/mol. The number of rotatable bonds is 1. The number of hydrogen-bond acceptors (Lipinski definition) is 1. The van der Waals surface area contributed by atoms with Gasteiger partial charge in [0.1, 0.15) is 0 Å². The SMILES string of the molecule is PCPS. The maximum atomic E-state index is 3.93. The zero-order valence-electron chi connectivity index (χ0n) is 2.23. The van der Waals surface area contributed by atoms with E-state index in [0.29, 0.717) is 0 Å². The molecule has 0 aliphatic carbocycles. The lowest BCUT2D eigenvalue weighted by Gasteiger charge is -1.68. The zero-order valence-corrected chi connectivity index (χ0v) is 5.28. The van der Waals surface area contributed by atoms with Gasteiger partial charge in [0.05, 0.1) is 0 Å². The Morgan fingerprint density at radius 2 is 2.25 bits per heavy atom. The second-order valence-corrected chi connectivity index (χ2v) is 3.26. The summed E-state index contributed by atoms with van der Waals surface area (Å²) < 4.78 is 0. The van der Waals surface area contributed by atoms with Crippen LogP contribution in [0.25, 0.3) is 0 Å². The van der Waals surface area contributed by atoms with E-state index in [2.05, 4.69) is 21.5 Å². The molecular weight excluding hydrogens is 106 g/mol. The first kappa shape index (κ1) is 5.21. The van der Waals surface area contributed by atoms with Crippen LogP contribution < -0.4 is 0 Å². The molecule has 0 rings (SSSR count). The minimum absolute atomic E-state index is 0.798. The minimum Gasteiger partial charge on any atom is -0.154 e. The Labute approximate surface area is 35.9 Å². The van der Waals surface area contributed by atoms with Gasteiger partial charge in [-0.2, -0.15) is 12.2 Å². The molecule has 0 heterocycles. The van der Waals surface area contributed by atoms with Crippen LogP contribution in [0.4, 0.5) is 0 Å². The summed E-state index contributed by atoms with van der Waals surface area (Å²) >= 11 is 3.93. The van der Waals surface area contributed by atoms with Crippen LogP contribution in [0, 0.1) is 0 Å². The molecule has 0 fully saturated rings. The normalized spacial score (nSPS) is 10.5. The van der Waals surface area contributed by atoms with Crippen molar-refractivity contribution in [2.24, 2.45) is 0 Å². The van der Waals surface area contributed by atoms with Gasteiger partial charge in [-0.15, -0.1) is 9.24 Å². The molecule has 0 aromatic heterocycles. The van der Waals surface area contributed by atoms with Crippen LogP contribution in [-0.2, 0) is 0 Å². The van der Waals surface area contributed by atoms with Crippen LogP contribution in [0.2, 0.25) is 0 Å². The van der Waals surface area contributed by atoms with Gasteiger partial charge in [-0.25, -0.2) is 0 Å². The lowest BCUT2D eigenvalue weighted by atomic mass is 11.9. The molecule has 0 spiro atoms. The fourth-order valence-corrected chi connectivity index (χ4v) is 0. The van der Waals surface area contributed by atoms with Crippen LogP contribution >= 0.6 is 29.3 Å². The van der Waals surface area contributed by atoms with Gasteiger partial charge in [0.2, 0.25) is 0 Å². The Morgan fingerprint density at radius 3 is 2.25 bits per heavy atom. The second kappa shape index (κ2) is 4.21. The molecule has 0 aromatic carbocycles. The van der Waals surface area contributed by atoms with Gasteiger partial charge in [-0.1, -0.05) is 7.78 Å². The number of thiol groups is 1. The van der Waals surface area contributed by atoms with E-state index in [4.69, 9.17) is 0 Å². The van der Waals surface area contributed by atoms with Crippen molar-refractivity contribution in [2.75, 3.05) is 5.90 Å². The predicted octanol–water partition coefficient (Wildman–Crippen LogP) is 1.34. The highest BCUT2D eigenvalue weighted by molar-refractivity contribution is 8.38. The highest BCUT2D eigenvalue weighted by Crippen LogP contribution is 2.16. The van der Waals surface area contributed by atoms with Crippen molar-refractivity contribution >= 4 is 29.3 Å². The standard InChI is InChI=1S/CH6P2S/c2-1-3-4/h3-4H,1-2H2. The van der Waals surface area contributed by atoms with Gasteiger partial charge in [-0.05, 0) is 5.90 Å². The average molecular weight is 112 g/mol. The maximum absolute atomic E-state index is 3.93. The Kier molecular flexibility index (Phi) is 5.48. The zero-order chi connectivity index (χ0) is 3.41. The van der Waals surface area contributed by atoms with Crippen LogP contribution in [0.15, 0.2) is 0 Å². The topological polar surface area (TPSA) is 0 Å². The molecule has 0 radical (unpaired) electrons. The summed E-state index contributed by atoms with van der Waals surface area (Å²) in [5.41, 5.74) is 0. The molecule has 2 unspecified atom stereocenters. The largest absolute Gasteiger partial charge is 0.154 e. The van der Waals surface area contributed by atoms with E-state index >= 15 is 0 Å². The van der Waals surface area contributed by atoms with Crippen LogP contribution in [0.3, 0.4) is 0 Å². The van der Waals surface area contributed by atoms with Gasteiger partial charge in [0, 0.05) is 0 Å². The average Bonchev–Trinajstić information content (AvgIpc) is 1.37. The first-order chi connectivity index (χ1) is 1.91. The summed E-state index contributed by atoms with van der Waals surface area (Å²) in [6.07, 6.45) is 0. The Morgan fingerprint density at radius 1 is 2.00 bits per heavy atom. The summed E-state index contributed by atoms with van der Waals surface area (Å²) in [5, 5.41) is 0. The molecule has 3 heteroatoms. The molecule has 0 nitrogen and oxygen atoms in total. The molecule has 0 saturated heterocycles. The highest BCUT2D eigenvalue weighted by Gasteiger charge is 1.55. The van der Waals surface area contributed by atoms with Crippen molar-refractivity contribution in [2.45, 2.75) is 0 Å². The van der Waals surface area contributed by atoms with Crippen molar-refractivity contribution in [1.82, 2.24) is 0 Å². The minimum atomic E-state index is 0.798. The molecule has 2 atom stereocenters. The molecule has 0 aliphatic heterocycles. The smallest absolute Gasteiger partial charge is 0.0113 e. The van der Waals surface area contributed by atoms with E-state index in [1.807, 2.05) is 0 Å². The molecule has 0 amide bonds. The third kappa shape index (κ3) is 3.21. The van der Waals surface area contributed by atoms with Crippen molar-refractivity contribution in [1.29, 1.82) is 0 Å². The summed E-state index contributed by atoms with van der Waals surface area (Å²) in [6, 6.07) is 0. The Hall–Kier alpha value is 1.21. The lowest BCUT2D eigenvalue weighted by Crippen LogP contribution is -1.28. The molecular formula is CH6P2S. The molecule has 4 heavy (non-hydrogen) atoms. The Bertz CT molecular complexity index is 8.00. The van der Waals surface area contributed by atoms with Crippen molar-refractivity contribution in [3.63, 3.8) is 0 Å². The third-order valence-electron chi connectivity index (χ3n) is 0.0913. The van der Waals surface area contributed by atoms with Gasteiger partial charge >= 0.3 is 0 Å². The first-order valence-corrected chi connectivity index (χ1v) is 4.30. The number of hydrogen-bond donors (Lipinski definition) is 1. The van der Waals surface area contributed by atoms with Gasteiger partial charge in [-0.3, -0.25) is 0 Å². The second-order valence-electron chi connectivity index (χ2n) is 0.362. The van der Waals surface area contributed by atoms with Gasteiger partial charge in [0.15, 0.2) is 0 Å². The maximum Gasteiger partial charge on any atom is -0.0113 e. The van der Waals surface area contributed by atoms with Gasteiger partial charge in [0.25, 0.3) is 0 Å². The fraction of sp³-hybridized carbons (Fsp3) is 1.00. The van der Waals surface area contributed by atoms with E-state index < -0.39 is 0 Å². The predicted molar refractivity (Wildman–Crippen MR) is 31.9 cm³/mol. The molecule has 0 bridgehead atoms. The first-order valence-electron chi connectivity index (χ1n) is 0.985. The summed E-state index contributed by atoms with van der Waals surface area (Å²) in [4.78, 5) is 0. The molecule has 0 saturated carbocycles. The van der Waals surface area contributed by atoms with Crippen molar-refractivity contribution < 1.29 is 0 Å². The molecule has 0 aliphatic rings. The third-order valence-corrected chi connectivity index (χ3v) is 2.46. The van der Waals surface area contributed by atoms with Crippen LogP contribution in [-0.4, -0.2) is 5.90 Å². The van der Waals surface area contributed by atoms with Crippen LogP contribution in [0.1, 0.15) is 0 Å². The quantitative estimate of drug-likeness (QED) is 0.384. The molecule has 0 N–H and O–H groups in total. The summed E-state index contributed by atoms with van der Waals surface area (Å²) in [6.45, 7) is 0. The van der Waals surface area contributed by atoms with Gasteiger partial charge < -0.3 is 0 Å². The van der Waals surface area contributed by atoms with E-state index in [1.54, 1.807) is 0 Å².